The van der Waals surface area contributed by atoms with E-state index in [-0.39, 0.29) is 18.1 Å². The zero-order chi connectivity index (χ0) is 13.8. The van der Waals surface area contributed by atoms with Crippen LogP contribution >= 0.6 is 11.3 Å². The molecule has 100 valence electrons. The van der Waals surface area contributed by atoms with Gasteiger partial charge in [-0.25, -0.2) is 9.18 Å². The molecule has 4 nitrogen and oxygen atoms in total. The maximum Gasteiger partial charge on any atom is 0.361 e. The summed E-state index contributed by atoms with van der Waals surface area (Å²) in [6.45, 7) is 1.94. The van der Waals surface area contributed by atoms with E-state index in [4.69, 9.17) is 4.74 Å². The minimum absolute atomic E-state index is 0.0428. The van der Waals surface area contributed by atoms with Crippen LogP contribution in [0.3, 0.4) is 0 Å². The van der Waals surface area contributed by atoms with Crippen molar-refractivity contribution in [2.45, 2.75) is 6.92 Å². The van der Waals surface area contributed by atoms with Crippen LogP contribution in [0, 0.1) is 5.82 Å². The molecule has 0 saturated carbocycles. The molecule has 0 spiro atoms. The van der Waals surface area contributed by atoms with E-state index >= 15 is 0 Å². The van der Waals surface area contributed by atoms with Gasteiger partial charge in [0.05, 0.1) is 6.61 Å². The summed E-state index contributed by atoms with van der Waals surface area (Å²) in [5.74, 6) is -0.957. The third-order valence-electron chi connectivity index (χ3n) is 2.44. The molecule has 6 heteroatoms. The van der Waals surface area contributed by atoms with Gasteiger partial charge in [0.15, 0.2) is 5.71 Å². The number of rotatable bonds is 4. The van der Waals surface area contributed by atoms with Gasteiger partial charge in [0.25, 0.3) is 0 Å². The van der Waals surface area contributed by atoms with Crippen molar-refractivity contribution in [1.82, 2.24) is 0 Å². The Bertz CT molecular complexity index is 636. The van der Waals surface area contributed by atoms with Crippen molar-refractivity contribution in [3.8, 4) is 0 Å². The first-order valence-electron chi connectivity index (χ1n) is 5.62. The third kappa shape index (κ3) is 2.73. The van der Waals surface area contributed by atoms with Crippen LogP contribution in [0.1, 0.15) is 12.5 Å². The summed E-state index contributed by atoms with van der Waals surface area (Å²) in [5.41, 5.74) is 0.556. The second-order valence-electron chi connectivity index (χ2n) is 3.63. The first kappa shape index (κ1) is 13.5. The lowest BCUT2D eigenvalue weighted by Crippen LogP contribution is -2.18. The normalized spacial score (nSPS) is 11.6. The van der Waals surface area contributed by atoms with Gasteiger partial charge in [0.2, 0.25) is 0 Å². The molecule has 0 saturated heterocycles. The second kappa shape index (κ2) is 5.79. The highest BCUT2D eigenvalue weighted by molar-refractivity contribution is 7.17. The SMILES string of the molecule is CCOC(=O)C(=NOC)c1csc2ccc(F)cc12. The fourth-order valence-electron chi connectivity index (χ4n) is 1.67. The highest BCUT2D eigenvalue weighted by Crippen LogP contribution is 2.27. The van der Waals surface area contributed by atoms with E-state index in [1.165, 1.54) is 30.6 Å². The van der Waals surface area contributed by atoms with Crippen LogP contribution in [0.4, 0.5) is 4.39 Å². The number of nitrogens with zero attached hydrogens (tertiary/aromatic N) is 1. The molecule has 0 aliphatic carbocycles. The van der Waals surface area contributed by atoms with E-state index in [0.717, 1.165) is 4.70 Å². The predicted octanol–water partition coefficient (Wildman–Crippen LogP) is 2.95. The van der Waals surface area contributed by atoms with E-state index in [9.17, 15) is 9.18 Å². The van der Waals surface area contributed by atoms with Gasteiger partial charge >= 0.3 is 5.97 Å². The number of carbonyl (C=O) groups excluding carboxylic acids is 1. The van der Waals surface area contributed by atoms with Crippen molar-refractivity contribution >= 4 is 33.1 Å². The molecule has 2 rings (SSSR count). The van der Waals surface area contributed by atoms with Crippen LogP contribution in [-0.4, -0.2) is 25.4 Å². The second-order valence-corrected chi connectivity index (χ2v) is 4.54. The number of hydrogen-bond donors (Lipinski definition) is 0. The van der Waals surface area contributed by atoms with Crippen LogP contribution in [-0.2, 0) is 14.4 Å². The van der Waals surface area contributed by atoms with Crippen LogP contribution in [0.5, 0.6) is 0 Å². The number of carbonyl (C=O) groups is 1. The molecule has 1 heterocycles. The topological polar surface area (TPSA) is 47.9 Å². The zero-order valence-electron chi connectivity index (χ0n) is 10.5. The molecule has 0 radical (unpaired) electrons. The van der Waals surface area contributed by atoms with E-state index in [1.54, 1.807) is 18.4 Å². The number of hydrogen-bond acceptors (Lipinski definition) is 5. The van der Waals surface area contributed by atoms with Crippen molar-refractivity contribution < 1.29 is 18.8 Å². The van der Waals surface area contributed by atoms with Gasteiger partial charge in [0, 0.05) is 21.0 Å². The average Bonchev–Trinajstić information content (AvgIpc) is 2.79. The fraction of sp³-hybridized carbons (Fsp3) is 0.231. The third-order valence-corrected chi connectivity index (χ3v) is 3.41. The molecule has 0 bridgehead atoms. The molecule has 0 amide bonds. The molecular weight excluding hydrogens is 269 g/mol. The van der Waals surface area contributed by atoms with Gasteiger partial charge < -0.3 is 9.57 Å². The largest absolute Gasteiger partial charge is 0.461 e. The molecule has 0 aliphatic heterocycles. The quantitative estimate of drug-likeness (QED) is 0.492. The van der Waals surface area contributed by atoms with E-state index in [0.29, 0.717) is 10.9 Å². The minimum Gasteiger partial charge on any atom is -0.461 e. The number of fused-ring (bicyclic) bond motifs is 1. The highest BCUT2D eigenvalue weighted by Gasteiger charge is 2.20. The maximum absolute atomic E-state index is 13.3. The Morgan fingerprint density at radius 1 is 1.47 bits per heavy atom. The Balaban J connectivity index is 2.53. The molecule has 19 heavy (non-hydrogen) atoms. The molecule has 0 N–H and O–H groups in total. The summed E-state index contributed by atoms with van der Waals surface area (Å²) < 4.78 is 19.1. The summed E-state index contributed by atoms with van der Waals surface area (Å²) in [5, 5.41) is 6.05. The minimum atomic E-state index is -0.590. The standard InChI is InChI=1S/C13H12FNO3S/c1-3-18-13(16)12(15-17-2)10-7-19-11-5-4-8(14)6-9(10)11/h4-7H,3H2,1-2H3. The smallest absolute Gasteiger partial charge is 0.361 e. The van der Waals surface area contributed by atoms with Crippen LogP contribution in [0.25, 0.3) is 10.1 Å². The van der Waals surface area contributed by atoms with E-state index < -0.39 is 5.97 Å². The van der Waals surface area contributed by atoms with Gasteiger partial charge in [-0.3, -0.25) is 0 Å². The van der Waals surface area contributed by atoms with Gasteiger partial charge in [-0.2, -0.15) is 0 Å². The number of halogens is 1. The molecule has 0 aliphatic rings. The predicted molar refractivity (Wildman–Crippen MR) is 72.0 cm³/mol. The Labute approximate surface area is 113 Å². The molecule has 0 unspecified atom stereocenters. The molecule has 1 aromatic carbocycles. The molecule has 0 fully saturated rings. The van der Waals surface area contributed by atoms with Crippen LogP contribution < -0.4 is 0 Å². The fourth-order valence-corrected chi connectivity index (χ4v) is 2.60. The van der Waals surface area contributed by atoms with Crippen molar-refractivity contribution in [2.75, 3.05) is 13.7 Å². The number of benzene rings is 1. The van der Waals surface area contributed by atoms with Crippen molar-refractivity contribution in [1.29, 1.82) is 0 Å². The van der Waals surface area contributed by atoms with Crippen molar-refractivity contribution in [3.63, 3.8) is 0 Å². The first-order valence-corrected chi connectivity index (χ1v) is 6.50. The molecular formula is C13H12FNO3S. The lowest BCUT2D eigenvalue weighted by Gasteiger charge is -2.04. The average molecular weight is 281 g/mol. The lowest BCUT2D eigenvalue weighted by molar-refractivity contribution is -0.135. The van der Waals surface area contributed by atoms with Crippen LogP contribution in [0.2, 0.25) is 0 Å². The van der Waals surface area contributed by atoms with Crippen LogP contribution in [0.15, 0.2) is 28.7 Å². The number of thiophene rings is 1. The summed E-state index contributed by atoms with van der Waals surface area (Å²) in [4.78, 5) is 16.5. The number of ether oxygens (including phenoxy) is 1. The van der Waals surface area contributed by atoms with Gasteiger partial charge in [-0.15, -0.1) is 11.3 Å². The van der Waals surface area contributed by atoms with Gasteiger partial charge in [0.1, 0.15) is 12.9 Å². The number of oxime groups is 1. The molecule has 0 atom stereocenters. The Hall–Kier alpha value is -1.95. The summed E-state index contributed by atoms with van der Waals surface area (Å²) in [7, 11) is 1.34. The van der Waals surface area contributed by atoms with Gasteiger partial charge in [-0.05, 0) is 25.1 Å². The highest BCUT2D eigenvalue weighted by atomic mass is 32.1. The zero-order valence-corrected chi connectivity index (χ0v) is 11.3. The Kier molecular flexibility index (Phi) is 4.11. The molecule has 1 aromatic heterocycles. The van der Waals surface area contributed by atoms with E-state index in [2.05, 4.69) is 9.99 Å². The number of esters is 1. The summed E-state index contributed by atoms with van der Waals surface area (Å²) in [6, 6.07) is 4.40. The van der Waals surface area contributed by atoms with Crippen molar-refractivity contribution in [2.24, 2.45) is 5.16 Å². The maximum atomic E-state index is 13.3. The monoisotopic (exact) mass is 281 g/mol. The summed E-state index contributed by atoms with van der Waals surface area (Å²) in [6.07, 6.45) is 0. The Morgan fingerprint density at radius 2 is 2.26 bits per heavy atom. The lowest BCUT2D eigenvalue weighted by atomic mass is 10.1. The molecule has 2 aromatic rings. The first-order chi connectivity index (χ1) is 9.17. The van der Waals surface area contributed by atoms with Crippen molar-refractivity contribution in [3.05, 3.63) is 35.0 Å². The summed E-state index contributed by atoms with van der Waals surface area (Å²) >= 11 is 1.40. The Morgan fingerprint density at radius 3 is 2.95 bits per heavy atom. The van der Waals surface area contributed by atoms with Gasteiger partial charge in [-0.1, -0.05) is 5.16 Å². The van der Waals surface area contributed by atoms with E-state index in [1.807, 2.05) is 0 Å².